The van der Waals surface area contributed by atoms with Crippen LogP contribution in [0.15, 0.2) is 0 Å². The van der Waals surface area contributed by atoms with E-state index in [1.807, 2.05) is 0 Å². The van der Waals surface area contributed by atoms with Gasteiger partial charge in [0.1, 0.15) is 0 Å². The third kappa shape index (κ3) is 1.52. The zero-order chi connectivity index (χ0) is 8.55. The van der Waals surface area contributed by atoms with Crippen LogP contribution >= 0.6 is 0 Å². The molecule has 4 unspecified atom stereocenters. The molecule has 2 fully saturated rings. The second-order valence-electron chi connectivity index (χ2n) is 4.84. The summed E-state index contributed by atoms with van der Waals surface area (Å²) in [5, 5.41) is 3.81. The van der Waals surface area contributed by atoms with Crippen LogP contribution in [0, 0.1) is 11.8 Å². The zero-order valence-corrected chi connectivity index (χ0v) is 8.34. The highest BCUT2D eigenvalue weighted by Gasteiger charge is 2.31. The first-order valence-electron chi connectivity index (χ1n) is 5.53. The Labute approximate surface area is 75.9 Å². The van der Waals surface area contributed by atoms with Crippen molar-refractivity contribution in [2.75, 3.05) is 0 Å². The van der Waals surface area contributed by atoms with Crippen LogP contribution in [0.2, 0.25) is 0 Å². The number of rotatable bonds is 2. The predicted octanol–water partition coefficient (Wildman–Crippen LogP) is 2.56. The van der Waals surface area contributed by atoms with Gasteiger partial charge in [0.15, 0.2) is 0 Å². The van der Waals surface area contributed by atoms with E-state index in [4.69, 9.17) is 0 Å². The average Bonchev–Trinajstić information content (AvgIpc) is 2.44. The van der Waals surface area contributed by atoms with Crippen molar-refractivity contribution in [1.82, 2.24) is 5.32 Å². The van der Waals surface area contributed by atoms with Crippen molar-refractivity contribution in [1.29, 1.82) is 0 Å². The summed E-state index contributed by atoms with van der Waals surface area (Å²) in [6.07, 6.45) is 7.17. The van der Waals surface area contributed by atoms with E-state index in [9.17, 15) is 0 Å². The maximum absolute atomic E-state index is 3.81. The van der Waals surface area contributed by atoms with Crippen molar-refractivity contribution in [3.05, 3.63) is 0 Å². The maximum atomic E-state index is 3.81. The summed E-state index contributed by atoms with van der Waals surface area (Å²) in [7, 11) is 0. The Kier molecular flexibility index (Phi) is 2.40. The van der Waals surface area contributed by atoms with Crippen molar-refractivity contribution in [2.45, 2.75) is 58.0 Å². The minimum Gasteiger partial charge on any atom is -0.311 e. The lowest BCUT2D eigenvalue weighted by atomic mass is 9.80. The van der Waals surface area contributed by atoms with E-state index < -0.39 is 0 Å². The minimum absolute atomic E-state index is 0.845. The molecule has 2 rings (SSSR count). The van der Waals surface area contributed by atoms with Gasteiger partial charge in [-0.15, -0.1) is 0 Å². The lowest BCUT2D eigenvalue weighted by molar-refractivity contribution is 0.198. The molecule has 1 N–H and O–H groups in total. The van der Waals surface area contributed by atoms with Crippen LogP contribution in [0.25, 0.3) is 0 Å². The standard InChI is InChI=1S/C11H21N/c1-8-4-3-5-10(8)12-11-7-6-9(11)2/h8-12H,3-7H2,1-2H3. The van der Waals surface area contributed by atoms with Gasteiger partial charge < -0.3 is 5.32 Å². The van der Waals surface area contributed by atoms with Crippen LogP contribution in [0.3, 0.4) is 0 Å². The Morgan fingerprint density at radius 1 is 0.833 bits per heavy atom. The van der Waals surface area contributed by atoms with E-state index in [2.05, 4.69) is 19.2 Å². The lowest BCUT2D eigenvalue weighted by Crippen LogP contribution is -2.48. The van der Waals surface area contributed by atoms with Crippen LogP contribution in [-0.4, -0.2) is 12.1 Å². The Hall–Kier alpha value is -0.0400. The molecular formula is C11H21N. The summed E-state index contributed by atoms with van der Waals surface area (Å²) in [5.41, 5.74) is 0. The molecule has 0 aromatic heterocycles. The molecule has 0 radical (unpaired) electrons. The van der Waals surface area contributed by atoms with Gasteiger partial charge in [-0.1, -0.05) is 20.3 Å². The van der Waals surface area contributed by atoms with E-state index in [1.54, 1.807) is 0 Å². The highest BCUT2D eigenvalue weighted by Crippen LogP contribution is 2.31. The van der Waals surface area contributed by atoms with E-state index in [0.717, 1.165) is 23.9 Å². The summed E-state index contributed by atoms with van der Waals surface area (Å²) < 4.78 is 0. The number of nitrogens with one attached hydrogen (secondary N) is 1. The quantitative estimate of drug-likeness (QED) is 0.666. The van der Waals surface area contributed by atoms with Crippen LogP contribution in [0.4, 0.5) is 0 Å². The molecular weight excluding hydrogens is 146 g/mol. The Balaban J connectivity index is 1.78. The average molecular weight is 167 g/mol. The SMILES string of the molecule is CC1CCCC1NC1CCC1C. The molecule has 1 nitrogen and oxygen atoms in total. The first-order chi connectivity index (χ1) is 5.77. The van der Waals surface area contributed by atoms with Gasteiger partial charge in [0.05, 0.1) is 0 Å². The first-order valence-corrected chi connectivity index (χ1v) is 5.53. The highest BCUT2D eigenvalue weighted by atomic mass is 15.0. The molecule has 0 bridgehead atoms. The topological polar surface area (TPSA) is 12.0 Å². The molecule has 0 saturated heterocycles. The second-order valence-corrected chi connectivity index (χ2v) is 4.84. The molecule has 0 aromatic carbocycles. The fraction of sp³-hybridized carbons (Fsp3) is 1.00. The first kappa shape index (κ1) is 8.55. The molecule has 0 spiro atoms. The van der Waals surface area contributed by atoms with Crippen molar-refractivity contribution in [2.24, 2.45) is 11.8 Å². The van der Waals surface area contributed by atoms with Gasteiger partial charge in [-0.3, -0.25) is 0 Å². The third-order valence-electron chi connectivity index (χ3n) is 3.91. The van der Waals surface area contributed by atoms with E-state index in [1.165, 1.54) is 32.1 Å². The van der Waals surface area contributed by atoms with Gasteiger partial charge in [-0.05, 0) is 37.5 Å². The molecule has 0 aromatic rings. The summed E-state index contributed by atoms with van der Waals surface area (Å²) in [5.74, 6) is 1.87. The van der Waals surface area contributed by atoms with Crippen LogP contribution in [-0.2, 0) is 0 Å². The summed E-state index contributed by atoms with van der Waals surface area (Å²) in [6.45, 7) is 4.77. The smallest absolute Gasteiger partial charge is 0.00955 e. The Bertz CT molecular complexity index is 155. The van der Waals surface area contributed by atoms with Gasteiger partial charge in [-0.25, -0.2) is 0 Å². The lowest BCUT2D eigenvalue weighted by Gasteiger charge is -2.37. The van der Waals surface area contributed by atoms with E-state index >= 15 is 0 Å². The van der Waals surface area contributed by atoms with Crippen LogP contribution in [0.5, 0.6) is 0 Å². The molecule has 2 saturated carbocycles. The van der Waals surface area contributed by atoms with E-state index in [-0.39, 0.29) is 0 Å². The van der Waals surface area contributed by atoms with Crippen LogP contribution in [0.1, 0.15) is 46.0 Å². The van der Waals surface area contributed by atoms with Crippen LogP contribution < -0.4 is 5.32 Å². The molecule has 0 heterocycles. The largest absolute Gasteiger partial charge is 0.311 e. The number of hydrogen-bond donors (Lipinski definition) is 1. The predicted molar refractivity (Wildman–Crippen MR) is 52.1 cm³/mol. The second kappa shape index (κ2) is 3.37. The van der Waals surface area contributed by atoms with Crippen molar-refractivity contribution < 1.29 is 0 Å². The molecule has 2 aliphatic rings. The minimum atomic E-state index is 0.845. The highest BCUT2D eigenvalue weighted by molar-refractivity contribution is 4.90. The normalized spacial score (nSPS) is 47.5. The Morgan fingerprint density at radius 3 is 1.92 bits per heavy atom. The fourth-order valence-electron chi connectivity index (χ4n) is 2.58. The van der Waals surface area contributed by atoms with Gasteiger partial charge in [0.2, 0.25) is 0 Å². The number of hydrogen-bond acceptors (Lipinski definition) is 1. The fourth-order valence-corrected chi connectivity index (χ4v) is 2.58. The molecule has 0 amide bonds. The van der Waals surface area contributed by atoms with Crippen molar-refractivity contribution in [3.63, 3.8) is 0 Å². The summed E-state index contributed by atoms with van der Waals surface area (Å²) >= 11 is 0. The van der Waals surface area contributed by atoms with Gasteiger partial charge in [0, 0.05) is 12.1 Å². The van der Waals surface area contributed by atoms with Gasteiger partial charge in [0.25, 0.3) is 0 Å². The molecule has 4 atom stereocenters. The van der Waals surface area contributed by atoms with Gasteiger partial charge in [-0.2, -0.15) is 0 Å². The van der Waals surface area contributed by atoms with Gasteiger partial charge >= 0.3 is 0 Å². The maximum Gasteiger partial charge on any atom is 0.00955 e. The van der Waals surface area contributed by atoms with Crippen molar-refractivity contribution in [3.8, 4) is 0 Å². The third-order valence-corrected chi connectivity index (χ3v) is 3.91. The summed E-state index contributed by atoms with van der Waals surface area (Å²) in [4.78, 5) is 0. The molecule has 0 aliphatic heterocycles. The zero-order valence-electron chi connectivity index (χ0n) is 8.34. The molecule has 70 valence electrons. The molecule has 12 heavy (non-hydrogen) atoms. The molecule has 1 heteroatoms. The monoisotopic (exact) mass is 167 g/mol. The molecule has 2 aliphatic carbocycles. The Morgan fingerprint density at radius 2 is 1.50 bits per heavy atom. The van der Waals surface area contributed by atoms with Crippen molar-refractivity contribution >= 4 is 0 Å². The summed E-state index contributed by atoms with van der Waals surface area (Å²) in [6, 6.07) is 1.70. The van der Waals surface area contributed by atoms with E-state index in [0.29, 0.717) is 0 Å².